The maximum atomic E-state index is 5.47. The fraction of sp³-hybridized carbons (Fsp3) is 0.692. The Morgan fingerprint density at radius 1 is 1.28 bits per heavy atom. The summed E-state index contributed by atoms with van der Waals surface area (Å²) in [4.78, 5) is 11.4. The summed E-state index contributed by atoms with van der Waals surface area (Å²) >= 11 is 0. The van der Waals surface area contributed by atoms with E-state index in [-0.39, 0.29) is 6.04 Å². The van der Waals surface area contributed by atoms with Gasteiger partial charge in [0.25, 0.3) is 0 Å². The Bertz CT molecular complexity index is 353. The molecule has 1 aromatic rings. The largest absolute Gasteiger partial charge is 0.378 e. The molecular formula is C13H20N4O. The van der Waals surface area contributed by atoms with Crippen molar-refractivity contribution < 1.29 is 4.74 Å². The Morgan fingerprint density at radius 3 is 2.94 bits per heavy atom. The Balaban J connectivity index is 1.75. The van der Waals surface area contributed by atoms with Crippen LogP contribution >= 0.6 is 0 Å². The molecule has 5 heteroatoms. The second-order valence-corrected chi connectivity index (χ2v) is 4.90. The van der Waals surface area contributed by atoms with Crippen molar-refractivity contribution in [2.75, 3.05) is 37.7 Å². The van der Waals surface area contributed by atoms with Gasteiger partial charge < -0.3 is 15.0 Å². The predicted molar refractivity (Wildman–Crippen MR) is 69.7 cm³/mol. The standard InChI is InChI=1S/C13H20N4O/c1-2-7-17(8-3-1)12-4-5-15-13(16-12)11-10-18-9-6-14-11/h4-5,11,14H,1-3,6-10H2/t11-/m1/s1. The van der Waals surface area contributed by atoms with Crippen LogP contribution in [0, 0.1) is 0 Å². The molecule has 1 aromatic heterocycles. The monoisotopic (exact) mass is 248 g/mol. The van der Waals surface area contributed by atoms with Crippen LogP contribution in [-0.2, 0) is 4.74 Å². The van der Waals surface area contributed by atoms with Crippen LogP contribution in [0.25, 0.3) is 0 Å². The van der Waals surface area contributed by atoms with Gasteiger partial charge in [-0.3, -0.25) is 0 Å². The number of hydrogen-bond acceptors (Lipinski definition) is 5. The van der Waals surface area contributed by atoms with Gasteiger partial charge in [-0.25, -0.2) is 9.97 Å². The van der Waals surface area contributed by atoms with Crippen LogP contribution in [0.15, 0.2) is 12.3 Å². The van der Waals surface area contributed by atoms with Gasteiger partial charge in [-0.1, -0.05) is 0 Å². The average molecular weight is 248 g/mol. The maximum absolute atomic E-state index is 5.47. The Labute approximate surface area is 108 Å². The lowest BCUT2D eigenvalue weighted by Gasteiger charge is -2.29. The first-order chi connectivity index (χ1) is 8.93. The van der Waals surface area contributed by atoms with Crippen molar-refractivity contribution in [2.45, 2.75) is 25.3 Å². The third kappa shape index (κ3) is 2.62. The molecule has 0 spiro atoms. The molecule has 2 aliphatic heterocycles. The minimum Gasteiger partial charge on any atom is -0.378 e. The van der Waals surface area contributed by atoms with E-state index in [1.54, 1.807) is 0 Å². The number of nitrogens with zero attached hydrogens (tertiary/aromatic N) is 3. The highest BCUT2D eigenvalue weighted by Gasteiger charge is 2.19. The number of hydrogen-bond donors (Lipinski definition) is 1. The van der Waals surface area contributed by atoms with Crippen LogP contribution in [0.3, 0.4) is 0 Å². The summed E-state index contributed by atoms with van der Waals surface area (Å²) in [6, 6.07) is 2.15. The second-order valence-electron chi connectivity index (χ2n) is 4.90. The number of rotatable bonds is 2. The van der Waals surface area contributed by atoms with Gasteiger partial charge >= 0.3 is 0 Å². The Morgan fingerprint density at radius 2 is 2.17 bits per heavy atom. The topological polar surface area (TPSA) is 50.3 Å². The highest BCUT2D eigenvalue weighted by atomic mass is 16.5. The third-order valence-corrected chi connectivity index (χ3v) is 3.57. The fourth-order valence-electron chi connectivity index (χ4n) is 2.56. The Kier molecular flexibility index (Phi) is 3.71. The minimum atomic E-state index is 0.142. The molecular weight excluding hydrogens is 228 g/mol. The molecule has 0 radical (unpaired) electrons. The van der Waals surface area contributed by atoms with Crippen molar-refractivity contribution in [1.82, 2.24) is 15.3 Å². The lowest BCUT2D eigenvalue weighted by molar-refractivity contribution is 0.0742. The van der Waals surface area contributed by atoms with Gasteiger partial charge in [0.05, 0.1) is 19.3 Å². The molecule has 2 aliphatic rings. The van der Waals surface area contributed by atoms with Crippen molar-refractivity contribution in [3.63, 3.8) is 0 Å². The van der Waals surface area contributed by atoms with E-state index in [0.29, 0.717) is 6.61 Å². The second kappa shape index (κ2) is 5.63. The predicted octanol–water partition coefficient (Wildman–Crippen LogP) is 1.13. The van der Waals surface area contributed by atoms with E-state index in [1.165, 1.54) is 19.3 Å². The number of nitrogens with one attached hydrogen (secondary N) is 1. The van der Waals surface area contributed by atoms with E-state index < -0.39 is 0 Å². The number of anilines is 1. The smallest absolute Gasteiger partial charge is 0.149 e. The zero-order valence-corrected chi connectivity index (χ0v) is 10.6. The zero-order valence-electron chi connectivity index (χ0n) is 10.6. The number of ether oxygens (including phenoxy) is 1. The van der Waals surface area contributed by atoms with Gasteiger partial charge in [0.15, 0.2) is 0 Å². The summed E-state index contributed by atoms with van der Waals surface area (Å²) in [5.41, 5.74) is 0. The van der Waals surface area contributed by atoms with Gasteiger partial charge in [0.2, 0.25) is 0 Å². The maximum Gasteiger partial charge on any atom is 0.149 e. The summed E-state index contributed by atoms with van der Waals surface area (Å²) in [5, 5.41) is 3.40. The van der Waals surface area contributed by atoms with Crippen LogP contribution < -0.4 is 10.2 Å². The van der Waals surface area contributed by atoms with E-state index in [4.69, 9.17) is 9.72 Å². The molecule has 3 heterocycles. The molecule has 0 unspecified atom stereocenters. The van der Waals surface area contributed by atoms with E-state index in [9.17, 15) is 0 Å². The lowest BCUT2D eigenvalue weighted by Crippen LogP contribution is -2.36. The van der Waals surface area contributed by atoms with E-state index >= 15 is 0 Å². The first-order valence-electron chi connectivity index (χ1n) is 6.82. The van der Waals surface area contributed by atoms with Crippen molar-refractivity contribution in [2.24, 2.45) is 0 Å². The van der Waals surface area contributed by atoms with Crippen LogP contribution in [0.1, 0.15) is 31.1 Å². The molecule has 98 valence electrons. The summed E-state index contributed by atoms with van der Waals surface area (Å²) in [6.45, 7) is 4.56. The highest BCUT2D eigenvalue weighted by Crippen LogP contribution is 2.19. The van der Waals surface area contributed by atoms with Gasteiger partial charge in [-0.2, -0.15) is 0 Å². The molecule has 0 bridgehead atoms. The molecule has 1 N–H and O–H groups in total. The van der Waals surface area contributed by atoms with Gasteiger partial charge in [0, 0.05) is 25.8 Å². The summed E-state index contributed by atoms with van der Waals surface area (Å²) < 4.78 is 5.47. The van der Waals surface area contributed by atoms with Crippen molar-refractivity contribution >= 4 is 5.82 Å². The molecule has 0 aromatic carbocycles. The summed E-state index contributed by atoms with van der Waals surface area (Å²) in [6.07, 6.45) is 5.74. The lowest BCUT2D eigenvalue weighted by atomic mass is 10.1. The molecule has 2 saturated heterocycles. The average Bonchev–Trinajstić information content (AvgIpc) is 2.49. The summed E-state index contributed by atoms with van der Waals surface area (Å²) in [5.74, 6) is 1.92. The molecule has 5 nitrogen and oxygen atoms in total. The van der Waals surface area contributed by atoms with Crippen LogP contribution in [0.2, 0.25) is 0 Å². The molecule has 0 aliphatic carbocycles. The van der Waals surface area contributed by atoms with Crippen LogP contribution in [-0.4, -0.2) is 42.8 Å². The number of piperidine rings is 1. The minimum absolute atomic E-state index is 0.142. The normalized spacial score (nSPS) is 25.1. The molecule has 18 heavy (non-hydrogen) atoms. The molecule has 3 rings (SSSR count). The molecule has 0 amide bonds. The third-order valence-electron chi connectivity index (χ3n) is 3.57. The quantitative estimate of drug-likeness (QED) is 0.850. The number of aromatic nitrogens is 2. The zero-order chi connectivity index (χ0) is 12.2. The van der Waals surface area contributed by atoms with E-state index in [0.717, 1.165) is 37.9 Å². The van der Waals surface area contributed by atoms with Gasteiger partial charge in [-0.15, -0.1) is 0 Å². The fourth-order valence-corrected chi connectivity index (χ4v) is 2.56. The van der Waals surface area contributed by atoms with Crippen molar-refractivity contribution in [3.05, 3.63) is 18.1 Å². The van der Waals surface area contributed by atoms with E-state index in [2.05, 4.69) is 15.2 Å². The number of morpholine rings is 1. The Hall–Kier alpha value is -1.20. The van der Waals surface area contributed by atoms with E-state index in [1.807, 2.05) is 12.3 Å². The molecule has 1 atom stereocenters. The molecule has 0 saturated carbocycles. The SMILES string of the molecule is c1cc(N2CCCCC2)nc([C@H]2COCCN2)n1. The van der Waals surface area contributed by atoms with Crippen molar-refractivity contribution in [1.29, 1.82) is 0 Å². The van der Waals surface area contributed by atoms with Gasteiger partial charge in [0.1, 0.15) is 11.6 Å². The van der Waals surface area contributed by atoms with Gasteiger partial charge in [-0.05, 0) is 25.3 Å². The molecule has 2 fully saturated rings. The first-order valence-corrected chi connectivity index (χ1v) is 6.82. The first kappa shape index (κ1) is 11.9. The highest BCUT2D eigenvalue weighted by molar-refractivity contribution is 5.38. The van der Waals surface area contributed by atoms with Crippen LogP contribution in [0.5, 0.6) is 0 Å². The summed E-state index contributed by atoms with van der Waals surface area (Å²) in [7, 11) is 0. The van der Waals surface area contributed by atoms with Crippen molar-refractivity contribution in [3.8, 4) is 0 Å². The van der Waals surface area contributed by atoms with Crippen LogP contribution in [0.4, 0.5) is 5.82 Å².